The van der Waals surface area contributed by atoms with Crippen molar-refractivity contribution in [2.75, 3.05) is 0 Å². The van der Waals surface area contributed by atoms with E-state index in [-0.39, 0.29) is 11.1 Å². The molecule has 0 saturated heterocycles. The molecule has 0 aliphatic rings. The molecule has 0 rings (SSSR count). The largest absolute Gasteiger partial charge is 0.362 e. The second kappa shape index (κ2) is 2.78. The maximum absolute atomic E-state index is 7.96. The summed E-state index contributed by atoms with van der Waals surface area (Å²) < 4.78 is 0. The van der Waals surface area contributed by atoms with E-state index in [1.807, 2.05) is 13.8 Å². The van der Waals surface area contributed by atoms with E-state index in [1.54, 1.807) is 0 Å². The van der Waals surface area contributed by atoms with Crippen LogP contribution in [0.3, 0.4) is 0 Å². The van der Waals surface area contributed by atoms with Gasteiger partial charge in [-0.2, -0.15) is 4.79 Å². The van der Waals surface area contributed by atoms with Gasteiger partial charge < -0.3 is 5.53 Å². The first kappa shape index (κ1) is 6.67. The van der Waals surface area contributed by atoms with E-state index < -0.39 is 0 Å². The van der Waals surface area contributed by atoms with Crippen molar-refractivity contribution >= 4 is 16.8 Å². The van der Waals surface area contributed by atoms with E-state index in [9.17, 15) is 0 Å². The Morgan fingerprint density at radius 1 is 1.71 bits per heavy atom. The first-order valence-electron chi connectivity index (χ1n) is 2.06. The van der Waals surface area contributed by atoms with Crippen LogP contribution in [0.15, 0.2) is 0 Å². The highest BCUT2D eigenvalue weighted by Crippen LogP contribution is 1.95. The highest BCUT2D eigenvalue weighted by Gasteiger charge is 2.06. The van der Waals surface area contributed by atoms with E-state index in [1.165, 1.54) is 0 Å². The molecular formula is C4H7ClN2. The van der Waals surface area contributed by atoms with Crippen molar-refractivity contribution in [2.45, 2.75) is 13.8 Å². The highest BCUT2D eigenvalue weighted by molar-refractivity contribution is 6.64. The molecule has 0 amide bonds. The summed E-state index contributed by atoms with van der Waals surface area (Å²) in [6.45, 7) is 3.70. The molecule has 0 aliphatic heterocycles. The number of hydrogen-bond donors (Lipinski definition) is 0. The summed E-state index contributed by atoms with van der Waals surface area (Å²) in [5.74, 6) is 0.131. The quantitative estimate of drug-likeness (QED) is 0.284. The Morgan fingerprint density at radius 3 is 2.14 bits per heavy atom. The van der Waals surface area contributed by atoms with Gasteiger partial charge >= 0.3 is 5.17 Å². The number of hydrogen-bond acceptors (Lipinski definition) is 0. The summed E-state index contributed by atoms with van der Waals surface area (Å²) in [5, 5.41) is 0.250. The fourth-order valence-corrected chi connectivity index (χ4v) is 0.115. The molecule has 0 spiro atoms. The molecule has 0 N–H and O–H groups in total. The van der Waals surface area contributed by atoms with Crippen LogP contribution >= 0.6 is 11.6 Å². The summed E-state index contributed by atoms with van der Waals surface area (Å²) in [4.78, 5) is 2.77. The molecule has 0 fully saturated rings. The van der Waals surface area contributed by atoms with Crippen LogP contribution in [0.2, 0.25) is 0 Å². The summed E-state index contributed by atoms with van der Waals surface area (Å²) >= 11 is 5.30. The molecule has 3 heteroatoms. The Labute approximate surface area is 47.7 Å². The zero-order valence-electron chi connectivity index (χ0n) is 4.35. The van der Waals surface area contributed by atoms with Crippen molar-refractivity contribution in [1.82, 2.24) is 0 Å². The maximum Gasteiger partial charge on any atom is 0.362 e. The Hall–Kier alpha value is -0.330. The van der Waals surface area contributed by atoms with Gasteiger partial charge in [-0.1, -0.05) is 13.8 Å². The van der Waals surface area contributed by atoms with E-state index in [2.05, 4.69) is 4.79 Å². The third-order valence-corrected chi connectivity index (χ3v) is 1.08. The van der Waals surface area contributed by atoms with Crippen molar-refractivity contribution in [3.05, 3.63) is 5.53 Å². The van der Waals surface area contributed by atoms with Gasteiger partial charge in [0.25, 0.3) is 0 Å². The molecule has 0 unspecified atom stereocenters. The lowest BCUT2D eigenvalue weighted by Gasteiger charge is -1.83. The zero-order valence-corrected chi connectivity index (χ0v) is 5.11. The van der Waals surface area contributed by atoms with Crippen molar-refractivity contribution < 1.29 is 4.79 Å². The minimum Gasteiger partial charge on any atom is -0.360 e. The Bertz CT molecular complexity index is 102. The van der Waals surface area contributed by atoms with Gasteiger partial charge in [0.05, 0.1) is 5.92 Å². The van der Waals surface area contributed by atoms with Crippen LogP contribution in [-0.4, -0.2) is 9.96 Å². The molecule has 0 atom stereocenters. The molecule has 0 heterocycles. The van der Waals surface area contributed by atoms with Crippen LogP contribution in [0.25, 0.3) is 5.53 Å². The van der Waals surface area contributed by atoms with Gasteiger partial charge in [0.15, 0.2) is 0 Å². The predicted octanol–water partition coefficient (Wildman–Crippen LogP) is 1.51. The molecule has 2 nitrogen and oxygen atoms in total. The molecule has 0 aliphatic carbocycles. The summed E-state index contributed by atoms with van der Waals surface area (Å²) in [6.07, 6.45) is 0. The summed E-state index contributed by atoms with van der Waals surface area (Å²) in [7, 11) is 0. The van der Waals surface area contributed by atoms with Gasteiger partial charge in [0, 0.05) is 11.6 Å². The lowest BCUT2D eigenvalue weighted by molar-refractivity contribution is -0.00611. The second-order valence-corrected chi connectivity index (χ2v) is 1.96. The Balaban J connectivity index is 3.81. The highest BCUT2D eigenvalue weighted by atomic mass is 35.5. The molecule has 0 aromatic carbocycles. The predicted molar refractivity (Wildman–Crippen MR) is 29.3 cm³/mol. The smallest absolute Gasteiger partial charge is 0.360 e. The van der Waals surface area contributed by atoms with E-state index in [0.717, 1.165) is 0 Å². The fourth-order valence-electron chi connectivity index (χ4n) is 0.115. The van der Waals surface area contributed by atoms with Gasteiger partial charge in [-0.15, -0.1) is 0 Å². The molecule has 40 valence electrons. The summed E-state index contributed by atoms with van der Waals surface area (Å²) in [6, 6.07) is 0. The normalized spacial score (nSPS) is 8.57. The van der Waals surface area contributed by atoms with Gasteiger partial charge in [-0.25, -0.2) is 0 Å². The third-order valence-electron chi connectivity index (χ3n) is 0.572. The standard InChI is InChI=1S/C4H7ClN2/c1-3(2)4(5)7-6/h3H,1-2H3. The van der Waals surface area contributed by atoms with Crippen LogP contribution in [0.5, 0.6) is 0 Å². The Kier molecular flexibility index (Phi) is 2.65. The number of nitrogens with zero attached hydrogens (tertiary/aromatic N) is 2. The lowest BCUT2D eigenvalue weighted by Crippen LogP contribution is -1.97. The van der Waals surface area contributed by atoms with Crippen LogP contribution in [0.4, 0.5) is 0 Å². The average molecular weight is 119 g/mol. The second-order valence-electron chi connectivity index (χ2n) is 1.58. The Morgan fingerprint density at radius 2 is 2.14 bits per heavy atom. The van der Waals surface area contributed by atoms with Crippen LogP contribution in [-0.2, 0) is 0 Å². The monoisotopic (exact) mass is 118 g/mol. The van der Waals surface area contributed by atoms with Crippen LogP contribution < -0.4 is 0 Å². The first-order chi connectivity index (χ1) is 3.18. The summed E-state index contributed by atoms with van der Waals surface area (Å²) in [5.41, 5.74) is 7.96. The van der Waals surface area contributed by atoms with Crippen molar-refractivity contribution in [3.8, 4) is 0 Å². The van der Waals surface area contributed by atoms with Crippen molar-refractivity contribution in [2.24, 2.45) is 5.92 Å². The van der Waals surface area contributed by atoms with Crippen molar-refractivity contribution in [3.63, 3.8) is 0 Å². The zero-order chi connectivity index (χ0) is 5.86. The number of rotatable bonds is 1. The molecule has 0 aromatic rings. The SMILES string of the molecule is CC(C)C(Cl)=[N+]=[N-]. The maximum atomic E-state index is 7.96. The van der Waals surface area contributed by atoms with Gasteiger partial charge in [0.2, 0.25) is 0 Å². The van der Waals surface area contributed by atoms with Gasteiger partial charge in [-0.3, -0.25) is 0 Å². The molecule has 0 aromatic heterocycles. The molecule has 0 radical (unpaired) electrons. The topological polar surface area (TPSA) is 36.4 Å². The third kappa shape index (κ3) is 2.38. The molecule has 0 bridgehead atoms. The van der Waals surface area contributed by atoms with E-state index >= 15 is 0 Å². The fraction of sp³-hybridized carbons (Fsp3) is 0.750. The minimum atomic E-state index is 0.131. The van der Waals surface area contributed by atoms with Crippen molar-refractivity contribution in [1.29, 1.82) is 0 Å². The minimum absolute atomic E-state index is 0.131. The van der Waals surface area contributed by atoms with E-state index in [4.69, 9.17) is 17.1 Å². The number of halogens is 1. The molecule has 0 saturated carbocycles. The lowest BCUT2D eigenvalue weighted by atomic mass is 10.2. The van der Waals surface area contributed by atoms with Gasteiger partial charge in [-0.05, 0) is 0 Å². The average Bonchev–Trinajstić information content (AvgIpc) is 1.65. The van der Waals surface area contributed by atoms with Gasteiger partial charge in [0.1, 0.15) is 0 Å². The molecular weight excluding hydrogens is 112 g/mol. The molecule has 7 heavy (non-hydrogen) atoms. The van der Waals surface area contributed by atoms with Crippen LogP contribution in [0.1, 0.15) is 13.8 Å². The van der Waals surface area contributed by atoms with E-state index in [0.29, 0.717) is 0 Å². The first-order valence-corrected chi connectivity index (χ1v) is 2.43. The van der Waals surface area contributed by atoms with Crippen LogP contribution in [0, 0.1) is 5.92 Å².